The van der Waals surface area contributed by atoms with Gasteiger partial charge >= 0.3 is 5.97 Å². The molecule has 1 N–H and O–H groups in total. The van der Waals surface area contributed by atoms with Gasteiger partial charge < -0.3 is 10.1 Å². The highest BCUT2D eigenvalue weighted by atomic mass is 16.5. The minimum absolute atomic E-state index is 0.163. The van der Waals surface area contributed by atoms with Crippen molar-refractivity contribution in [2.45, 2.75) is 20.5 Å². The fourth-order valence-corrected chi connectivity index (χ4v) is 1.85. The van der Waals surface area contributed by atoms with E-state index in [0.29, 0.717) is 11.3 Å². The summed E-state index contributed by atoms with van der Waals surface area (Å²) in [4.78, 5) is 23.1. The lowest BCUT2D eigenvalue weighted by atomic mass is 10.1. The van der Waals surface area contributed by atoms with Crippen LogP contribution < -0.4 is 5.32 Å². The highest BCUT2D eigenvalue weighted by Crippen LogP contribution is 2.18. The second kappa shape index (κ2) is 6.21. The molecule has 0 atom stereocenters. The summed E-state index contributed by atoms with van der Waals surface area (Å²) in [5.74, 6) is -0.621. The van der Waals surface area contributed by atoms with E-state index in [0.717, 1.165) is 11.1 Å². The third-order valence-corrected chi connectivity index (χ3v) is 2.91. The van der Waals surface area contributed by atoms with Crippen LogP contribution in [0.5, 0.6) is 0 Å². The van der Waals surface area contributed by atoms with Gasteiger partial charge in [0.1, 0.15) is 6.61 Å². The van der Waals surface area contributed by atoms with Crippen LogP contribution in [0.3, 0.4) is 0 Å². The zero-order valence-corrected chi connectivity index (χ0v) is 12.2. The van der Waals surface area contributed by atoms with Gasteiger partial charge in [-0.1, -0.05) is 6.07 Å². The number of ether oxygens (including phenoxy) is 1. The van der Waals surface area contributed by atoms with Crippen molar-refractivity contribution in [3.63, 3.8) is 0 Å². The lowest BCUT2D eigenvalue weighted by molar-refractivity contribution is -0.114. The minimum Gasteiger partial charge on any atom is -0.457 e. The maximum Gasteiger partial charge on any atom is 0.338 e. The molecule has 110 valence electrons. The molecule has 1 aromatic heterocycles. The SMILES string of the molecule is CC(=O)Nc1cc(C(=O)OCc2cnn(C)c2)ccc1C. The van der Waals surface area contributed by atoms with Gasteiger partial charge in [-0.05, 0) is 24.6 Å². The third-order valence-electron chi connectivity index (χ3n) is 2.91. The molecular weight excluding hydrogens is 270 g/mol. The lowest BCUT2D eigenvalue weighted by Gasteiger charge is -2.09. The standard InChI is InChI=1S/C15H17N3O3/c1-10-4-5-13(6-14(10)17-11(2)19)15(20)21-9-12-7-16-18(3)8-12/h4-8H,9H2,1-3H3,(H,17,19). The monoisotopic (exact) mass is 287 g/mol. The highest BCUT2D eigenvalue weighted by Gasteiger charge is 2.11. The summed E-state index contributed by atoms with van der Waals surface area (Å²) in [6.07, 6.45) is 3.43. The van der Waals surface area contributed by atoms with Gasteiger partial charge in [-0.3, -0.25) is 9.48 Å². The number of nitrogens with one attached hydrogen (secondary N) is 1. The van der Waals surface area contributed by atoms with Crippen LogP contribution in [-0.2, 0) is 23.2 Å². The number of esters is 1. The van der Waals surface area contributed by atoms with Gasteiger partial charge in [-0.25, -0.2) is 4.79 Å². The molecule has 6 heteroatoms. The van der Waals surface area contributed by atoms with Crippen molar-refractivity contribution in [1.29, 1.82) is 0 Å². The minimum atomic E-state index is -0.439. The summed E-state index contributed by atoms with van der Waals surface area (Å²) >= 11 is 0. The molecule has 1 heterocycles. The van der Waals surface area contributed by atoms with Gasteiger partial charge in [-0.2, -0.15) is 5.10 Å². The smallest absolute Gasteiger partial charge is 0.338 e. The Balaban J connectivity index is 2.06. The Hall–Kier alpha value is -2.63. The first kappa shape index (κ1) is 14.8. The van der Waals surface area contributed by atoms with Crippen LogP contribution in [0.15, 0.2) is 30.6 Å². The number of aromatic nitrogens is 2. The molecule has 2 aromatic rings. The number of aryl methyl sites for hydroxylation is 2. The Kier molecular flexibility index (Phi) is 4.37. The molecule has 6 nitrogen and oxygen atoms in total. The van der Waals surface area contributed by atoms with Gasteiger partial charge in [0.2, 0.25) is 5.91 Å². The molecule has 0 radical (unpaired) electrons. The molecule has 2 rings (SSSR count). The lowest BCUT2D eigenvalue weighted by Crippen LogP contribution is -2.10. The normalized spacial score (nSPS) is 10.2. The van der Waals surface area contributed by atoms with Gasteiger partial charge in [0.15, 0.2) is 0 Å². The zero-order chi connectivity index (χ0) is 15.4. The number of anilines is 1. The number of amides is 1. The third kappa shape index (κ3) is 3.92. The van der Waals surface area contributed by atoms with Crippen LogP contribution in [-0.4, -0.2) is 21.7 Å². The molecule has 0 aliphatic heterocycles. The van der Waals surface area contributed by atoms with E-state index in [-0.39, 0.29) is 12.5 Å². The van der Waals surface area contributed by atoms with E-state index in [9.17, 15) is 9.59 Å². The van der Waals surface area contributed by atoms with E-state index in [1.165, 1.54) is 6.92 Å². The van der Waals surface area contributed by atoms with E-state index >= 15 is 0 Å². The fourth-order valence-electron chi connectivity index (χ4n) is 1.85. The Morgan fingerprint density at radius 2 is 2.14 bits per heavy atom. The number of rotatable bonds is 4. The first-order chi connectivity index (χ1) is 9.95. The van der Waals surface area contributed by atoms with E-state index in [1.807, 2.05) is 6.92 Å². The van der Waals surface area contributed by atoms with Crippen molar-refractivity contribution in [2.24, 2.45) is 7.05 Å². The maximum absolute atomic E-state index is 12.0. The largest absolute Gasteiger partial charge is 0.457 e. The number of benzene rings is 1. The summed E-state index contributed by atoms with van der Waals surface area (Å²) in [7, 11) is 1.80. The van der Waals surface area contributed by atoms with Crippen LogP contribution >= 0.6 is 0 Å². The summed E-state index contributed by atoms with van der Waals surface area (Å²) in [5, 5.41) is 6.69. The van der Waals surface area contributed by atoms with Gasteiger partial charge in [0.25, 0.3) is 0 Å². The summed E-state index contributed by atoms with van der Waals surface area (Å²) in [6.45, 7) is 3.44. The van der Waals surface area contributed by atoms with E-state index < -0.39 is 5.97 Å². The number of hydrogen-bond donors (Lipinski definition) is 1. The van der Waals surface area contributed by atoms with E-state index in [2.05, 4.69) is 10.4 Å². The summed E-state index contributed by atoms with van der Waals surface area (Å²) < 4.78 is 6.87. The molecule has 1 amide bonds. The zero-order valence-electron chi connectivity index (χ0n) is 12.2. The van der Waals surface area contributed by atoms with Crippen molar-refractivity contribution in [2.75, 3.05) is 5.32 Å². The quantitative estimate of drug-likeness (QED) is 0.873. The fraction of sp³-hybridized carbons (Fsp3) is 0.267. The van der Waals surface area contributed by atoms with Crippen molar-refractivity contribution < 1.29 is 14.3 Å². The second-order valence-corrected chi connectivity index (χ2v) is 4.81. The number of hydrogen-bond acceptors (Lipinski definition) is 4. The van der Waals surface area contributed by atoms with Crippen molar-refractivity contribution in [1.82, 2.24) is 9.78 Å². The Morgan fingerprint density at radius 1 is 1.38 bits per heavy atom. The molecule has 0 saturated heterocycles. The Bertz CT molecular complexity index is 677. The molecule has 0 bridgehead atoms. The molecule has 1 aromatic carbocycles. The number of nitrogens with zero attached hydrogens (tertiary/aromatic N) is 2. The molecular formula is C15H17N3O3. The van der Waals surface area contributed by atoms with Gasteiger partial charge in [0, 0.05) is 31.4 Å². The first-order valence-corrected chi connectivity index (χ1v) is 6.48. The number of carbonyl (C=O) groups is 2. The summed E-state index contributed by atoms with van der Waals surface area (Å²) in [6, 6.07) is 5.06. The molecule has 0 saturated carbocycles. The number of carbonyl (C=O) groups excluding carboxylic acids is 2. The Morgan fingerprint density at radius 3 is 2.76 bits per heavy atom. The van der Waals surface area contributed by atoms with Crippen molar-refractivity contribution in [3.8, 4) is 0 Å². The molecule has 0 unspecified atom stereocenters. The molecule has 0 fully saturated rings. The van der Waals surface area contributed by atoms with Crippen LogP contribution in [0.4, 0.5) is 5.69 Å². The highest BCUT2D eigenvalue weighted by molar-refractivity contribution is 5.94. The average Bonchev–Trinajstić information content (AvgIpc) is 2.84. The van der Waals surface area contributed by atoms with Gasteiger partial charge in [-0.15, -0.1) is 0 Å². The molecule has 0 aliphatic carbocycles. The van der Waals surface area contributed by atoms with Crippen LogP contribution in [0, 0.1) is 6.92 Å². The second-order valence-electron chi connectivity index (χ2n) is 4.81. The maximum atomic E-state index is 12.0. The topological polar surface area (TPSA) is 73.2 Å². The first-order valence-electron chi connectivity index (χ1n) is 6.48. The van der Waals surface area contributed by atoms with Crippen LogP contribution in [0.1, 0.15) is 28.4 Å². The molecule has 0 aliphatic rings. The predicted molar refractivity (Wildman–Crippen MR) is 77.8 cm³/mol. The van der Waals surface area contributed by atoms with E-state index in [4.69, 9.17) is 4.74 Å². The summed E-state index contributed by atoms with van der Waals surface area (Å²) in [5.41, 5.74) is 2.71. The Labute approximate surface area is 122 Å². The van der Waals surface area contributed by atoms with E-state index in [1.54, 1.807) is 42.3 Å². The van der Waals surface area contributed by atoms with Crippen molar-refractivity contribution in [3.05, 3.63) is 47.3 Å². The van der Waals surface area contributed by atoms with Gasteiger partial charge in [0.05, 0.1) is 11.8 Å². The van der Waals surface area contributed by atoms with Crippen LogP contribution in [0.2, 0.25) is 0 Å². The average molecular weight is 287 g/mol. The molecule has 0 spiro atoms. The van der Waals surface area contributed by atoms with Crippen molar-refractivity contribution >= 4 is 17.6 Å². The van der Waals surface area contributed by atoms with Crippen LogP contribution in [0.25, 0.3) is 0 Å². The molecule has 21 heavy (non-hydrogen) atoms. The predicted octanol–water partition coefficient (Wildman–Crippen LogP) is 2.04.